The van der Waals surface area contributed by atoms with Gasteiger partial charge in [-0.25, -0.2) is 4.79 Å². The standard InChI is InChI=1S/C15H20ClNO3/c1-10(18)5-6-11-7-8-13(12(16)9-11)17-14(19)20-15(2,3)4/h7-9H,5-6H2,1-4H3,(H,17,19). The van der Waals surface area contributed by atoms with Crippen LogP contribution in [0, 0.1) is 0 Å². The lowest BCUT2D eigenvalue weighted by Crippen LogP contribution is -2.27. The van der Waals surface area contributed by atoms with Crippen LogP contribution in [-0.2, 0) is 16.0 Å². The zero-order valence-corrected chi connectivity index (χ0v) is 13.0. The molecule has 4 nitrogen and oxygen atoms in total. The first-order valence-corrected chi connectivity index (χ1v) is 6.83. The molecular weight excluding hydrogens is 278 g/mol. The van der Waals surface area contributed by atoms with Gasteiger partial charge >= 0.3 is 6.09 Å². The molecule has 0 aromatic heterocycles. The molecule has 0 bridgehead atoms. The summed E-state index contributed by atoms with van der Waals surface area (Å²) in [5, 5.41) is 3.03. The summed E-state index contributed by atoms with van der Waals surface area (Å²) in [6.07, 6.45) is 0.576. The van der Waals surface area contributed by atoms with Crippen LogP contribution in [0.4, 0.5) is 10.5 Å². The van der Waals surface area contributed by atoms with E-state index in [2.05, 4.69) is 5.32 Å². The van der Waals surface area contributed by atoms with Crippen LogP contribution in [-0.4, -0.2) is 17.5 Å². The third kappa shape index (κ3) is 6.06. The van der Waals surface area contributed by atoms with Crippen LogP contribution >= 0.6 is 11.6 Å². The fourth-order valence-corrected chi connectivity index (χ4v) is 1.80. The minimum atomic E-state index is -0.558. The number of carbonyl (C=O) groups is 2. The molecule has 1 rings (SSSR count). The van der Waals surface area contributed by atoms with Gasteiger partial charge in [0.05, 0.1) is 10.7 Å². The minimum absolute atomic E-state index is 0.136. The third-order valence-electron chi connectivity index (χ3n) is 2.43. The maximum absolute atomic E-state index is 11.6. The van der Waals surface area contributed by atoms with E-state index in [0.29, 0.717) is 23.6 Å². The summed E-state index contributed by atoms with van der Waals surface area (Å²) in [5.74, 6) is 0.136. The van der Waals surface area contributed by atoms with Crippen molar-refractivity contribution in [1.82, 2.24) is 0 Å². The van der Waals surface area contributed by atoms with Crippen molar-refractivity contribution >= 4 is 29.2 Å². The number of carbonyl (C=O) groups excluding carboxylic acids is 2. The van der Waals surface area contributed by atoms with Gasteiger partial charge in [-0.2, -0.15) is 0 Å². The summed E-state index contributed by atoms with van der Waals surface area (Å²) >= 11 is 6.10. The molecule has 5 heteroatoms. The second-order valence-corrected chi connectivity index (χ2v) is 6.05. The molecule has 0 saturated carbocycles. The third-order valence-corrected chi connectivity index (χ3v) is 2.75. The average molecular weight is 298 g/mol. The zero-order chi connectivity index (χ0) is 15.3. The molecule has 1 aromatic rings. The Hall–Kier alpha value is -1.55. The van der Waals surface area contributed by atoms with Crippen LogP contribution in [0.25, 0.3) is 0 Å². The van der Waals surface area contributed by atoms with Crippen LogP contribution in [0.3, 0.4) is 0 Å². The van der Waals surface area contributed by atoms with Gasteiger partial charge in [0.15, 0.2) is 0 Å². The number of nitrogens with one attached hydrogen (secondary N) is 1. The molecule has 0 aliphatic heterocycles. The van der Waals surface area contributed by atoms with Gasteiger partial charge in [0.25, 0.3) is 0 Å². The summed E-state index contributed by atoms with van der Waals surface area (Å²) in [4.78, 5) is 22.6. The molecule has 1 amide bonds. The highest BCUT2D eigenvalue weighted by atomic mass is 35.5. The monoisotopic (exact) mass is 297 g/mol. The van der Waals surface area contributed by atoms with E-state index in [-0.39, 0.29) is 5.78 Å². The highest BCUT2D eigenvalue weighted by molar-refractivity contribution is 6.33. The molecule has 0 saturated heterocycles. The van der Waals surface area contributed by atoms with Crippen molar-refractivity contribution in [3.8, 4) is 0 Å². The first kappa shape index (κ1) is 16.5. The fourth-order valence-electron chi connectivity index (χ4n) is 1.55. The van der Waals surface area contributed by atoms with Crippen molar-refractivity contribution in [2.45, 2.75) is 46.1 Å². The number of hydrogen-bond donors (Lipinski definition) is 1. The van der Waals surface area contributed by atoms with E-state index < -0.39 is 11.7 Å². The second-order valence-electron chi connectivity index (χ2n) is 5.64. The van der Waals surface area contributed by atoms with Gasteiger partial charge in [-0.05, 0) is 51.8 Å². The van der Waals surface area contributed by atoms with Crippen molar-refractivity contribution in [2.24, 2.45) is 0 Å². The van der Waals surface area contributed by atoms with Crippen LogP contribution in [0.1, 0.15) is 39.7 Å². The molecule has 0 radical (unpaired) electrons. The molecule has 0 atom stereocenters. The molecule has 20 heavy (non-hydrogen) atoms. The Labute approximate surface area is 124 Å². The lowest BCUT2D eigenvalue weighted by Gasteiger charge is -2.20. The molecule has 1 N–H and O–H groups in total. The average Bonchev–Trinajstić information content (AvgIpc) is 2.27. The molecule has 0 unspecified atom stereocenters. The van der Waals surface area contributed by atoms with Crippen LogP contribution in [0.2, 0.25) is 5.02 Å². The molecular formula is C15H20ClNO3. The maximum atomic E-state index is 11.6. The summed E-state index contributed by atoms with van der Waals surface area (Å²) in [5.41, 5.74) is 0.894. The molecule has 0 heterocycles. The SMILES string of the molecule is CC(=O)CCc1ccc(NC(=O)OC(C)(C)C)c(Cl)c1. The van der Waals surface area contributed by atoms with Crippen LogP contribution < -0.4 is 5.32 Å². The van der Waals surface area contributed by atoms with Gasteiger partial charge in [-0.1, -0.05) is 17.7 Å². The van der Waals surface area contributed by atoms with E-state index >= 15 is 0 Å². The predicted octanol–water partition coefficient (Wildman–Crippen LogP) is 4.21. The Bertz CT molecular complexity index is 506. The quantitative estimate of drug-likeness (QED) is 0.905. The van der Waals surface area contributed by atoms with Gasteiger partial charge < -0.3 is 9.53 Å². The number of halogens is 1. The van der Waals surface area contributed by atoms with E-state index in [1.165, 1.54) is 0 Å². The molecule has 110 valence electrons. The number of rotatable bonds is 4. The van der Waals surface area contributed by atoms with E-state index in [4.69, 9.17) is 16.3 Å². The number of hydrogen-bond acceptors (Lipinski definition) is 3. The number of anilines is 1. The van der Waals surface area contributed by atoms with Crippen molar-refractivity contribution in [3.63, 3.8) is 0 Å². The van der Waals surface area contributed by atoms with Gasteiger partial charge in [-0.15, -0.1) is 0 Å². The van der Waals surface area contributed by atoms with Crippen molar-refractivity contribution < 1.29 is 14.3 Å². The first-order valence-electron chi connectivity index (χ1n) is 6.45. The molecule has 0 spiro atoms. The number of aryl methyl sites for hydroxylation is 1. The summed E-state index contributed by atoms with van der Waals surface area (Å²) in [6, 6.07) is 5.29. The minimum Gasteiger partial charge on any atom is -0.444 e. The van der Waals surface area contributed by atoms with Crippen molar-refractivity contribution in [2.75, 3.05) is 5.32 Å². The van der Waals surface area contributed by atoms with Crippen molar-refractivity contribution in [1.29, 1.82) is 0 Å². The first-order chi connectivity index (χ1) is 9.17. The second kappa shape index (κ2) is 6.75. The molecule has 0 aliphatic rings. The van der Waals surface area contributed by atoms with Crippen LogP contribution in [0.5, 0.6) is 0 Å². The number of amides is 1. The topological polar surface area (TPSA) is 55.4 Å². The maximum Gasteiger partial charge on any atom is 0.412 e. The highest BCUT2D eigenvalue weighted by Gasteiger charge is 2.17. The predicted molar refractivity (Wildman–Crippen MR) is 80.3 cm³/mol. The van der Waals surface area contributed by atoms with Gasteiger partial charge in [0, 0.05) is 6.42 Å². The Kier molecular flexibility index (Phi) is 5.57. The Morgan fingerprint density at radius 2 is 1.95 bits per heavy atom. The number of Topliss-reactive ketones (excluding diaryl/α,β-unsaturated/α-hetero) is 1. The Morgan fingerprint density at radius 3 is 2.45 bits per heavy atom. The van der Waals surface area contributed by atoms with Gasteiger partial charge in [0.2, 0.25) is 0 Å². The lowest BCUT2D eigenvalue weighted by molar-refractivity contribution is -0.116. The van der Waals surface area contributed by atoms with Gasteiger partial charge in [0.1, 0.15) is 11.4 Å². The summed E-state index contributed by atoms with van der Waals surface area (Å²) in [7, 11) is 0. The van der Waals surface area contributed by atoms with Gasteiger partial charge in [-0.3, -0.25) is 5.32 Å². The number of ether oxygens (including phenoxy) is 1. The lowest BCUT2D eigenvalue weighted by atomic mass is 10.1. The summed E-state index contributed by atoms with van der Waals surface area (Å²) < 4.78 is 5.15. The Morgan fingerprint density at radius 1 is 1.30 bits per heavy atom. The highest BCUT2D eigenvalue weighted by Crippen LogP contribution is 2.24. The largest absolute Gasteiger partial charge is 0.444 e. The van der Waals surface area contributed by atoms with E-state index in [1.807, 2.05) is 6.07 Å². The van der Waals surface area contributed by atoms with E-state index in [1.54, 1.807) is 39.8 Å². The molecule has 1 aromatic carbocycles. The number of benzene rings is 1. The zero-order valence-electron chi connectivity index (χ0n) is 12.2. The van der Waals surface area contributed by atoms with E-state index in [9.17, 15) is 9.59 Å². The smallest absolute Gasteiger partial charge is 0.412 e. The number of ketones is 1. The van der Waals surface area contributed by atoms with E-state index in [0.717, 1.165) is 5.56 Å². The fraction of sp³-hybridized carbons (Fsp3) is 0.467. The Balaban J connectivity index is 2.68. The molecule has 0 fully saturated rings. The molecule has 0 aliphatic carbocycles. The normalized spacial score (nSPS) is 11.1. The summed E-state index contributed by atoms with van der Waals surface area (Å²) in [6.45, 7) is 6.93. The van der Waals surface area contributed by atoms with Crippen molar-refractivity contribution in [3.05, 3.63) is 28.8 Å². The van der Waals surface area contributed by atoms with Crippen LogP contribution in [0.15, 0.2) is 18.2 Å².